The van der Waals surface area contributed by atoms with E-state index in [1.807, 2.05) is 4.90 Å². The molecule has 1 aromatic heterocycles. The van der Waals surface area contributed by atoms with Crippen molar-refractivity contribution in [2.75, 3.05) is 23.3 Å². The van der Waals surface area contributed by atoms with E-state index >= 15 is 0 Å². The van der Waals surface area contributed by atoms with Crippen LogP contribution in [0.15, 0.2) is 47.5 Å². The zero-order chi connectivity index (χ0) is 18.7. The number of nitrogens with zero attached hydrogens (tertiary/aromatic N) is 2. The molecule has 4 N–H and O–H groups in total. The van der Waals surface area contributed by atoms with Crippen LogP contribution < -0.4 is 20.7 Å². The number of hydrogen-bond donors (Lipinski definition) is 3. The van der Waals surface area contributed by atoms with Crippen LogP contribution in [0.4, 0.5) is 15.9 Å². The minimum atomic E-state index is -3.74. The molecule has 26 heavy (non-hydrogen) atoms. The molecule has 0 unspecified atom stereocenters. The highest BCUT2D eigenvalue weighted by molar-refractivity contribution is 7.89. The molecule has 1 aliphatic heterocycles. The molecule has 1 fully saturated rings. The minimum absolute atomic E-state index is 0.0141. The van der Waals surface area contributed by atoms with Gasteiger partial charge in [-0.25, -0.2) is 22.9 Å². The number of nitrogens with two attached hydrogens (primary N) is 1. The maximum atomic E-state index is 12.9. The summed E-state index contributed by atoms with van der Waals surface area (Å²) in [6.45, 7) is 1.44. The number of halogens is 1. The van der Waals surface area contributed by atoms with Gasteiger partial charge in [-0.3, -0.25) is 0 Å². The zero-order valence-corrected chi connectivity index (χ0v) is 15.4. The molecule has 7 nitrogen and oxygen atoms in total. The lowest BCUT2D eigenvalue weighted by Gasteiger charge is -2.19. The Kier molecular flexibility index (Phi) is 5.35. The number of primary sulfonamides is 1. The predicted octanol–water partition coefficient (Wildman–Crippen LogP) is 1.43. The zero-order valence-electron chi connectivity index (χ0n) is 13.7. The van der Waals surface area contributed by atoms with Crippen LogP contribution in [0.5, 0.6) is 0 Å². The van der Waals surface area contributed by atoms with E-state index in [0.717, 1.165) is 13.0 Å². The third-order valence-corrected chi connectivity index (χ3v) is 5.12. The first-order chi connectivity index (χ1) is 12.3. The molecule has 1 saturated heterocycles. The van der Waals surface area contributed by atoms with E-state index in [1.54, 1.807) is 18.2 Å². The predicted molar refractivity (Wildman–Crippen MR) is 102 cm³/mol. The molecule has 3 rings (SSSR count). The van der Waals surface area contributed by atoms with Gasteiger partial charge >= 0.3 is 0 Å². The first-order valence-corrected chi connectivity index (χ1v) is 9.83. The van der Waals surface area contributed by atoms with E-state index < -0.39 is 10.0 Å². The molecule has 1 aliphatic rings. The highest BCUT2D eigenvalue weighted by Gasteiger charge is 2.24. The minimum Gasteiger partial charge on any atom is -0.358 e. The summed E-state index contributed by atoms with van der Waals surface area (Å²) in [4.78, 5) is 6.19. The Morgan fingerprint density at radius 3 is 2.62 bits per heavy atom. The van der Waals surface area contributed by atoms with Crippen molar-refractivity contribution in [1.29, 1.82) is 0 Å². The van der Waals surface area contributed by atoms with E-state index in [0.29, 0.717) is 23.2 Å². The third-order valence-electron chi connectivity index (χ3n) is 4.00. The van der Waals surface area contributed by atoms with Gasteiger partial charge in [0, 0.05) is 31.0 Å². The molecular weight excluding hydrogens is 377 g/mol. The van der Waals surface area contributed by atoms with Gasteiger partial charge in [0.1, 0.15) is 16.5 Å². The average molecular weight is 395 g/mol. The summed E-state index contributed by atoms with van der Waals surface area (Å²) in [5.74, 6) is 0.376. The van der Waals surface area contributed by atoms with Crippen molar-refractivity contribution in [3.8, 4) is 0 Å². The van der Waals surface area contributed by atoms with Crippen LogP contribution in [0.3, 0.4) is 0 Å². The number of nitrogens with one attached hydrogen (secondary N) is 2. The summed E-state index contributed by atoms with van der Waals surface area (Å²) in [5, 5.41) is 11.8. The van der Waals surface area contributed by atoms with E-state index in [-0.39, 0.29) is 16.8 Å². The number of hydrogen-bond acceptors (Lipinski definition) is 5. The van der Waals surface area contributed by atoms with Crippen LogP contribution in [0.1, 0.15) is 6.42 Å². The van der Waals surface area contributed by atoms with Crippen molar-refractivity contribution in [2.45, 2.75) is 17.4 Å². The summed E-state index contributed by atoms with van der Waals surface area (Å²) in [6.07, 6.45) is 2.11. The largest absolute Gasteiger partial charge is 0.358 e. The number of rotatable bonds is 4. The fourth-order valence-electron chi connectivity index (χ4n) is 2.70. The van der Waals surface area contributed by atoms with Gasteiger partial charge in [0.15, 0.2) is 5.11 Å². The second-order valence-corrected chi connectivity index (χ2v) is 7.90. The molecular formula is C16H18FN5O2S2. The van der Waals surface area contributed by atoms with Crippen molar-refractivity contribution < 1.29 is 12.8 Å². The first kappa shape index (κ1) is 18.5. The number of sulfonamides is 1. The lowest BCUT2D eigenvalue weighted by Crippen LogP contribution is -2.39. The summed E-state index contributed by atoms with van der Waals surface area (Å²) in [6, 6.07) is 9.15. The molecule has 1 aromatic carbocycles. The molecule has 10 heteroatoms. The van der Waals surface area contributed by atoms with Gasteiger partial charge in [-0.1, -0.05) is 0 Å². The van der Waals surface area contributed by atoms with E-state index in [1.165, 1.54) is 24.4 Å². The van der Waals surface area contributed by atoms with E-state index in [4.69, 9.17) is 17.4 Å². The van der Waals surface area contributed by atoms with Crippen LogP contribution in [0, 0.1) is 5.82 Å². The van der Waals surface area contributed by atoms with Crippen LogP contribution in [0.25, 0.3) is 0 Å². The molecule has 2 aromatic rings. The lowest BCUT2D eigenvalue weighted by molar-refractivity contribution is 0.597. The number of pyridine rings is 1. The molecule has 2 heterocycles. The van der Waals surface area contributed by atoms with E-state index in [2.05, 4.69) is 15.6 Å². The van der Waals surface area contributed by atoms with Gasteiger partial charge in [0.2, 0.25) is 10.0 Å². The number of anilines is 2. The van der Waals surface area contributed by atoms with Gasteiger partial charge in [-0.05, 0) is 55.0 Å². The van der Waals surface area contributed by atoms with E-state index in [9.17, 15) is 12.8 Å². The molecule has 0 amide bonds. The van der Waals surface area contributed by atoms with Gasteiger partial charge in [0.25, 0.3) is 0 Å². The van der Waals surface area contributed by atoms with Crippen molar-refractivity contribution in [2.24, 2.45) is 5.14 Å². The normalized spacial score (nSPS) is 17.2. The van der Waals surface area contributed by atoms with Crippen molar-refractivity contribution in [3.05, 3.63) is 48.4 Å². The maximum absolute atomic E-state index is 12.9. The van der Waals surface area contributed by atoms with Crippen molar-refractivity contribution >= 4 is 38.9 Å². The topological polar surface area (TPSA) is 100 Å². The summed E-state index contributed by atoms with van der Waals surface area (Å²) in [7, 11) is -3.74. The monoisotopic (exact) mass is 395 g/mol. The second kappa shape index (κ2) is 7.52. The Morgan fingerprint density at radius 2 is 2.00 bits per heavy atom. The molecule has 0 aliphatic carbocycles. The van der Waals surface area contributed by atoms with Crippen LogP contribution >= 0.6 is 12.2 Å². The Balaban J connectivity index is 1.55. The van der Waals surface area contributed by atoms with Gasteiger partial charge < -0.3 is 15.5 Å². The SMILES string of the molecule is NS(=O)(=O)c1ccc(N2CC[C@H](NC(=S)Nc3ccc(F)cc3)C2)nc1. The average Bonchev–Trinajstić information content (AvgIpc) is 3.04. The Labute approximate surface area is 156 Å². The van der Waals surface area contributed by atoms with Crippen molar-refractivity contribution in [3.63, 3.8) is 0 Å². The summed E-state index contributed by atoms with van der Waals surface area (Å²) in [5.41, 5.74) is 0.707. The van der Waals surface area contributed by atoms with Crippen LogP contribution in [0.2, 0.25) is 0 Å². The quantitative estimate of drug-likeness (QED) is 0.674. The maximum Gasteiger partial charge on any atom is 0.239 e. The van der Waals surface area contributed by atoms with Crippen LogP contribution in [-0.4, -0.2) is 37.6 Å². The second-order valence-electron chi connectivity index (χ2n) is 5.93. The van der Waals surface area contributed by atoms with Gasteiger partial charge in [-0.2, -0.15) is 0 Å². The molecule has 0 radical (unpaired) electrons. The standard InChI is InChI=1S/C16H18FN5O2S2/c17-11-1-3-12(4-2-11)20-16(25)21-13-7-8-22(10-13)15-6-5-14(9-19-15)26(18,23)24/h1-6,9,13H,7-8,10H2,(H2,18,23,24)(H2,20,21,25)/t13-/m0/s1. The van der Waals surface area contributed by atoms with Gasteiger partial charge in [-0.15, -0.1) is 0 Å². The smallest absolute Gasteiger partial charge is 0.239 e. The Bertz CT molecular complexity index is 888. The molecule has 138 valence electrons. The van der Waals surface area contributed by atoms with Crippen LogP contribution in [-0.2, 0) is 10.0 Å². The number of aromatic nitrogens is 1. The highest BCUT2D eigenvalue weighted by Crippen LogP contribution is 2.19. The fourth-order valence-corrected chi connectivity index (χ4v) is 3.44. The Hall–Kier alpha value is -2.30. The summed E-state index contributed by atoms with van der Waals surface area (Å²) >= 11 is 5.29. The molecule has 0 spiro atoms. The number of benzene rings is 1. The molecule has 0 bridgehead atoms. The molecule has 1 atom stereocenters. The number of thiocarbonyl (C=S) groups is 1. The summed E-state index contributed by atoms with van der Waals surface area (Å²) < 4.78 is 35.5. The third kappa shape index (κ3) is 4.65. The van der Waals surface area contributed by atoms with Gasteiger partial charge in [0.05, 0.1) is 0 Å². The van der Waals surface area contributed by atoms with Crippen molar-refractivity contribution in [1.82, 2.24) is 10.3 Å². The lowest BCUT2D eigenvalue weighted by atomic mass is 10.3. The fraction of sp³-hybridized carbons (Fsp3) is 0.250. The highest BCUT2D eigenvalue weighted by atomic mass is 32.2. The molecule has 0 saturated carbocycles. The first-order valence-electron chi connectivity index (χ1n) is 7.88. The Morgan fingerprint density at radius 1 is 1.27 bits per heavy atom.